The third-order valence-corrected chi connectivity index (χ3v) is 4.48. The minimum atomic E-state index is -0.624. The number of ketones is 1. The molecule has 1 heterocycles. The first-order valence-electron chi connectivity index (χ1n) is 7.22. The first-order valence-corrected chi connectivity index (χ1v) is 7.59. The molecule has 22 heavy (non-hydrogen) atoms. The summed E-state index contributed by atoms with van der Waals surface area (Å²) in [5.74, 6) is -0.565. The zero-order valence-electron chi connectivity index (χ0n) is 12.0. The molecule has 114 valence electrons. The lowest BCUT2D eigenvalue weighted by Gasteiger charge is -2.39. The van der Waals surface area contributed by atoms with E-state index in [4.69, 9.17) is 16.3 Å². The van der Waals surface area contributed by atoms with E-state index in [-0.39, 0.29) is 18.4 Å². The molecule has 0 bridgehead atoms. The Hall–Kier alpha value is -2.07. The van der Waals surface area contributed by atoms with Crippen molar-refractivity contribution >= 4 is 23.4 Å². The van der Waals surface area contributed by atoms with E-state index in [0.717, 1.165) is 24.8 Å². The average molecular weight is 318 g/mol. The Morgan fingerprint density at radius 2 is 1.91 bits per heavy atom. The third-order valence-electron chi connectivity index (χ3n) is 4.23. The van der Waals surface area contributed by atoms with Gasteiger partial charge in [-0.05, 0) is 42.7 Å². The molecule has 1 aliphatic carbocycles. The highest BCUT2D eigenvalue weighted by Gasteiger charge is 2.47. The Morgan fingerprint density at radius 3 is 2.45 bits per heavy atom. The molecule has 0 saturated heterocycles. The van der Waals surface area contributed by atoms with Gasteiger partial charge in [-0.25, -0.2) is 0 Å². The summed E-state index contributed by atoms with van der Waals surface area (Å²) in [4.78, 5) is 27.2. The zero-order chi connectivity index (χ0) is 15.6. The summed E-state index contributed by atoms with van der Waals surface area (Å²) >= 11 is 5.90. The highest BCUT2D eigenvalue weighted by atomic mass is 35.5. The van der Waals surface area contributed by atoms with Crippen LogP contribution in [0.2, 0.25) is 5.02 Å². The average Bonchev–Trinajstić information content (AvgIpc) is 3.00. The highest BCUT2D eigenvalue weighted by Crippen LogP contribution is 2.45. The maximum absolute atomic E-state index is 12.5. The van der Waals surface area contributed by atoms with Gasteiger partial charge in [-0.3, -0.25) is 9.59 Å². The lowest BCUT2D eigenvalue weighted by Crippen LogP contribution is -2.44. The molecule has 0 amide bonds. The smallest absolute Gasteiger partial charge is 0.317 e. The Balaban J connectivity index is 1.69. The van der Waals surface area contributed by atoms with E-state index in [1.807, 2.05) is 12.1 Å². The molecule has 1 N–H and O–H groups in total. The third kappa shape index (κ3) is 2.66. The van der Waals surface area contributed by atoms with Gasteiger partial charge < -0.3 is 9.72 Å². The number of esters is 1. The Kier molecular flexibility index (Phi) is 4.03. The molecule has 1 aliphatic rings. The van der Waals surface area contributed by atoms with E-state index in [2.05, 4.69) is 4.98 Å². The van der Waals surface area contributed by atoms with E-state index < -0.39 is 5.41 Å². The van der Waals surface area contributed by atoms with Crippen molar-refractivity contribution in [1.82, 2.24) is 4.98 Å². The number of hydrogen-bond donors (Lipinski definition) is 1. The number of nitrogens with one attached hydrogen (secondary N) is 1. The van der Waals surface area contributed by atoms with Crippen molar-refractivity contribution in [3.63, 3.8) is 0 Å². The Morgan fingerprint density at radius 1 is 1.18 bits per heavy atom. The molecular formula is C17H16ClNO3. The number of rotatable bonds is 5. The van der Waals surface area contributed by atoms with Gasteiger partial charge >= 0.3 is 5.97 Å². The molecule has 1 aromatic carbocycles. The van der Waals surface area contributed by atoms with E-state index in [9.17, 15) is 9.59 Å². The van der Waals surface area contributed by atoms with Crippen LogP contribution in [0.15, 0.2) is 42.6 Å². The summed E-state index contributed by atoms with van der Waals surface area (Å²) in [7, 11) is 0. The Bertz CT molecular complexity index is 672. The largest absolute Gasteiger partial charge is 0.457 e. The van der Waals surface area contributed by atoms with Crippen LogP contribution in [0.1, 0.15) is 35.3 Å². The molecule has 1 aromatic heterocycles. The number of Topliss-reactive ketones (excluding diaryl/α,β-unsaturated/α-hetero) is 1. The van der Waals surface area contributed by atoms with Gasteiger partial charge in [0, 0.05) is 11.2 Å². The first-order chi connectivity index (χ1) is 10.6. The van der Waals surface area contributed by atoms with Gasteiger partial charge in [-0.1, -0.05) is 30.2 Å². The van der Waals surface area contributed by atoms with Gasteiger partial charge in [0.15, 0.2) is 6.61 Å². The summed E-state index contributed by atoms with van der Waals surface area (Å²) in [5.41, 5.74) is 0.725. The van der Waals surface area contributed by atoms with E-state index in [0.29, 0.717) is 10.7 Å². The molecule has 4 nitrogen and oxygen atoms in total. The van der Waals surface area contributed by atoms with Crippen LogP contribution >= 0.6 is 11.6 Å². The van der Waals surface area contributed by atoms with Crippen LogP contribution in [0.25, 0.3) is 0 Å². The molecular weight excluding hydrogens is 302 g/mol. The summed E-state index contributed by atoms with van der Waals surface area (Å²) in [6.45, 7) is -0.241. The maximum Gasteiger partial charge on any atom is 0.317 e. The minimum absolute atomic E-state index is 0.232. The van der Waals surface area contributed by atoms with Gasteiger partial charge in [-0.15, -0.1) is 0 Å². The monoisotopic (exact) mass is 317 g/mol. The number of aromatic nitrogens is 1. The van der Waals surface area contributed by atoms with E-state index in [1.165, 1.54) is 0 Å². The predicted octanol–water partition coefficient (Wildman–Crippen LogP) is 3.52. The van der Waals surface area contributed by atoms with Crippen LogP contribution in [0.3, 0.4) is 0 Å². The van der Waals surface area contributed by atoms with Crippen molar-refractivity contribution in [3.05, 3.63) is 58.9 Å². The van der Waals surface area contributed by atoms with Crippen LogP contribution in [0.4, 0.5) is 0 Å². The summed E-state index contributed by atoms with van der Waals surface area (Å²) in [5, 5.41) is 0.633. The molecule has 1 saturated carbocycles. The standard InChI is InChI=1S/C17H16ClNO3/c18-13-6-4-12(5-7-13)17(8-2-9-17)16(21)22-11-15(20)14-3-1-10-19-14/h1,3-7,10,19H,2,8-9,11H2. The number of benzene rings is 1. The summed E-state index contributed by atoms with van der Waals surface area (Å²) in [6, 6.07) is 10.7. The van der Waals surface area contributed by atoms with Crippen LogP contribution in [0.5, 0.6) is 0 Å². The number of carbonyl (C=O) groups is 2. The number of aromatic amines is 1. The van der Waals surface area contributed by atoms with E-state index in [1.54, 1.807) is 30.5 Å². The zero-order valence-corrected chi connectivity index (χ0v) is 12.7. The number of H-pyrrole nitrogens is 1. The van der Waals surface area contributed by atoms with Crippen LogP contribution in [-0.4, -0.2) is 23.3 Å². The number of carbonyl (C=O) groups excluding carboxylic acids is 2. The van der Waals surface area contributed by atoms with Crippen molar-refractivity contribution in [2.24, 2.45) is 0 Å². The van der Waals surface area contributed by atoms with Gasteiger partial charge in [0.2, 0.25) is 5.78 Å². The molecule has 0 radical (unpaired) electrons. The van der Waals surface area contributed by atoms with Gasteiger partial charge in [0.1, 0.15) is 0 Å². The van der Waals surface area contributed by atoms with Crippen LogP contribution in [-0.2, 0) is 14.9 Å². The highest BCUT2D eigenvalue weighted by molar-refractivity contribution is 6.30. The first kappa shape index (κ1) is 14.9. The predicted molar refractivity (Wildman–Crippen MR) is 83.1 cm³/mol. The number of ether oxygens (including phenoxy) is 1. The summed E-state index contributed by atoms with van der Waals surface area (Å²) < 4.78 is 5.28. The molecule has 1 fully saturated rings. The number of hydrogen-bond acceptors (Lipinski definition) is 3. The van der Waals surface area contributed by atoms with Gasteiger partial charge in [0.25, 0.3) is 0 Å². The SMILES string of the molecule is O=C(COC(=O)C1(c2ccc(Cl)cc2)CCC1)c1ccc[nH]1. The second-order valence-electron chi connectivity index (χ2n) is 5.53. The molecule has 0 aliphatic heterocycles. The fourth-order valence-corrected chi connectivity index (χ4v) is 2.89. The topological polar surface area (TPSA) is 59.2 Å². The molecule has 5 heteroatoms. The molecule has 0 spiro atoms. The quantitative estimate of drug-likeness (QED) is 0.678. The lowest BCUT2D eigenvalue weighted by molar-refractivity contribution is -0.153. The second kappa shape index (κ2) is 5.97. The fraction of sp³-hybridized carbons (Fsp3) is 0.294. The molecule has 0 unspecified atom stereocenters. The normalized spacial score (nSPS) is 15.9. The lowest BCUT2D eigenvalue weighted by atomic mass is 9.64. The van der Waals surface area contributed by atoms with Crippen molar-refractivity contribution in [2.75, 3.05) is 6.61 Å². The molecule has 0 atom stereocenters. The second-order valence-corrected chi connectivity index (χ2v) is 5.96. The Labute approximate surface area is 133 Å². The minimum Gasteiger partial charge on any atom is -0.457 e. The van der Waals surface area contributed by atoms with Crippen molar-refractivity contribution in [1.29, 1.82) is 0 Å². The molecule has 2 aromatic rings. The molecule has 3 rings (SSSR count). The van der Waals surface area contributed by atoms with Gasteiger partial charge in [0.05, 0.1) is 11.1 Å². The maximum atomic E-state index is 12.5. The summed E-state index contributed by atoms with van der Waals surface area (Å²) in [6.07, 6.45) is 4.12. The number of halogens is 1. The van der Waals surface area contributed by atoms with Crippen molar-refractivity contribution in [3.8, 4) is 0 Å². The van der Waals surface area contributed by atoms with E-state index >= 15 is 0 Å². The van der Waals surface area contributed by atoms with Crippen molar-refractivity contribution < 1.29 is 14.3 Å². The van der Waals surface area contributed by atoms with Crippen molar-refractivity contribution in [2.45, 2.75) is 24.7 Å². The van der Waals surface area contributed by atoms with Gasteiger partial charge in [-0.2, -0.15) is 0 Å². The van der Waals surface area contributed by atoms with Crippen LogP contribution < -0.4 is 0 Å². The van der Waals surface area contributed by atoms with Crippen LogP contribution in [0, 0.1) is 0 Å². The fourth-order valence-electron chi connectivity index (χ4n) is 2.76.